The Labute approximate surface area is 403 Å². The second-order valence-corrected chi connectivity index (χ2v) is 19.1. The summed E-state index contributed by atoms with van der Waals surface area (Å²) in [6, 6.07) is 0. The SMILES string of the molecule is CCCC/C=C\CCCCCCCC(=O)OC(CO)COP(=O)(O)OCC(COC(=O)CCCCCCC/C=C\CCCCCC)OC(=O)CCCCCCC/C=C\C/C=C\CCCCC. The minimum absolute atomic E-state index is 0.150. The predicted octanol–water partition coefficient (Wildman–Crippen LogP) is 15.0. The number of aliphatic hydroxyl groups excluding tert-OH is 1. The molecule has 0 radical (unpaired) electrons. The minimum atomic E-state index is -4.74. The van der Waals surface area contributed by atoms with E-state index in [-0.39, 0.29) is 25.9 Å². The third-order valence-electron chi connectivity index (χ3n) is 11.2. The van der Waals surface area contributed by atoms with Gasteiger partial charge in [-0.2, -0.15) is 0 Å². The fourth-order valence-corrected chi connectivity index (χ4v) is 7.85. The van der Waals surface area contributed by atoms with Gasteiger partial charge in [0.05, 0.1) is 19.8 Å². The highest BCUT2D eigenvalue weighted by Crippen LogP contribution is 2.43. The largest absolute Gasteiger partial charge is 0.472 e. The van der Waals surface area contributed by atoms with E-state index >= 15 is 0 Å². The number of allylic oxidation sites excluding steroid dienone is 8. The van der Waals surface area contributed by atoms with E-state index in [1.165, 1.54) is 57.8 Å². The van der Waals surface area contributed by atoms with Crippen LogP contribution in [0.4, 0.5) is 0 Å². The van der Waals surface area contributed by atoms with Gasteiger partial charge in [-0.15, -0.1) is 0 Å². The Morgan fingerprint density at radius 1 is 0.424 bits per heavy atom. The highest BCUT2D eigenvalue weighted by Gasteiger charge is 2.28. The summed E-state index contributed by atoms with van der Waals surface area (Å²) in [6.45, 7) is 4.52. The van der Waals surface area contributed by atoms with Gasteiger partial charge in [0.1, 0.15) is 12.7 Å². The topological polar surface area (TPSA) is 155 Å². The molecule has 0 saturated carbocycles. The molecule has 0 rings (SSSR count). The summed E-state index contributed by atoms with van der Waals surface area (Å²) in [5.41, 5.74) is 0. The molecule has 0 aliphatic carbocycles. The summed E-state index contributed by atoms with van der Waals surface area (Å²) in [4.78, 5) is 48.3. The van der Waals surface area contributed by atoms with Crippen molar-refractivity contribution in [2.24, 2.45) is 0 Å². The molecule has 0 aliphatic rings. The Balaban J connectivity index is 4.78. The standard InChI is InChI=1S/C54H97O11P/c1-4-7-10-13-16-19-22-24-25-27-30-33-36-39-42-45-54(58)65-51(47-61-52(56)43-40-37-34-31-29-26-23-20-17-14-11-8-5-2)49-63-66(59,60)62-48-50(46-55)64-53(57)44-41-38-35-32-28-21-18-15-12-9-6-3/h15-16,18-20,23-25,50-51,55H,4-14,17,21-22,26-49H2,1-3H3,(H,59,60)/b18-15-,19-16-,23-20-,25-24-. The maximum atomic E-state index is 12.8. The molecule has 11 nitrogen and oxygen atoms in total. The molecule has 0 saturated heterocycles. The molecule has 0 heterocycles. The van der Waals surface area contributed by atoms with E-state index in [1.54, 1.807) is 0 Å². The van der Waals surface area contributed by atoms with Crippen LogP contribution in [0.15, 0.2) is 48.6 Å². The number of phosphoric acid groups is 1. The number of ether oxygens (including phenoxy) is 3. The highest BCUT2D eigenvalue weighted by atomic mass is 31.2. The number of esters is 3. The first kappa shape index (κ1) is 63.4. The summed E-state index contributed by atoms with van der Waals surface area (Å²) >= 11 is 0. The van der Waals surface area contributed by atoms with Crippen molar-refractivity contribution in [3.63, 3.8) is 0 Å². The molecule has 12 heteroatoms. The van der Waals surface area contributed by atoms with Crippen LogP contribution in [0.1, 0.15) is 239 Å². The Bertz CT molecular complexity index is 1300. The maximum Gasteiger partial charge on any atom is 0.472 e. The van der Waals surface area contributed by atoms with E-state index < -0.39 is 57.8 Å². The van der Waals surface area contributed by atoms with Crippen molar-refractivity contribution in [2.45, 2.75) is 251 Å². The van der Waals surface area contributed by atoms with Gasteiger partial charge in [0.25, 0.3) is 0 Å². The molecule has 0 fully saturated rings. The molecule has 0 bridgehead atoms. The molecule has 0 spiro atoms. The average Bonchev–Trinajstić information content (AvgIpc) is 3.30. The van der Waals surface area contributed by atoms with Crippen LogP contribution in [-0.2, 0) is 42.2 Å². The monoisotopic (exact) mass is 953 g/mol. The summed E-state index contributed by atoms with van der Waals surface area (Å²) in [5.74, 6) is -1.50. The Morgan fingerprint density at radius 2 is 0.758 bits per heavy atom. The third-order valence-corrected chi connectivity index (χ3v) is 12.1. The summed E-state index contributed by atoms with van der Waals surface area (Å²) < 4.78 is 39.3. The quantitative estimate of drug-likeness (QED) is 0.0197. The molecule has 0 aromatic rings. The van der Waals surface area contributed by atoms with Crippen molar-refractivity contribution in [1.82, 2.24) is 0 Å². The van der Waals surface area contributed by atoms with E-state index in [4.69, 9.17) is 23.3 Å². The van der Waals surface area contributed by atoms with Gasteiger partial charge < -0.3 is 24.2 Å². The van der Waals surface area contributed by atoms with Gasteiger partial charge in [-0.1, -0.05) is 172 Å². The first-order chi connectivity index (χ1) is 32.2. The van der Waals surface area contributed by atoms with E-state index in [0.29, 0.717) is 19.3 Å². The molecular weight excluding hydrogens is 856 g/mol. The summed E-state index contributed by atoms with van der Waals surface area (Å²) in [7, 11) is -4.74. The number of phosphoric ester groups is 1. The lowest BCUT2D eigenvalue weighted by molar-refractivity contribution is -0.161. The van der Waals surface area contributed by atoms with Crippen LogP contribution in [0.25, 0.3) is 0 Å². The van der Waals surface area contributed by atoms with E-state index in [1.807, 2.05) is 0 Å². The first-order valence-electron chi connectivity index (χ1n) is 26.5. The summed E-state index contributed by atoms with van der Waals surface area (Å²) in [6.07, 6.45) is 49.3. The average molecular weight is 953 g/mol. The second-order valence-electron chi connectivity index (χ2n) is 17.7. The van der Waals surface area contributed by atoms with Crippen LogP contribution in [0, 0.1) is 0 Å². The molecule has 0 aromatic carbocycles. The van der Waals surface area contributed by atoms with E-state index in [9.17, 15) is 28.9 Å². The Kier molecular flexibility index (Phi) is 47.0. The van der Waals surface area contributed by atoms with Gasteiger partial charge in [0.15, 0.2) is 6.10 Å². The molecule has 0 amide bonds. The zero-order valence-electron chi connectivity index (χ0n) is 42.2. The van der Waals surface area contributed by atoms with Crippen molar-refractivity contribution >= 4 is 25.7 Å². The smallest absolute Gasteiger partial charge is 0.462 e. The number of hydrogen-bond acceptors (Lipinski definition) is 10. The zero-order chi connectivity index (χ0) is 48.4. The van der Waals surface area contributed by atoms with Crippen LogP contribution in [0.5, 0.6) is 0 Å². The van der Waals surface area contributed by atoms with Crippen LogP contribution >= 0.6 is 7.82 Å². The third kappa shape index (κ3) is 46.5. The molecule has 3 atom stereocenters. The molecule has 0 aromatic heterocycles. The van der Waals surface area contributed by atoms with Crippen molar-refractivity contribution in [3.05, 3.63) is 48.6 Å². The van der Waals surface area contributed by atoms with Gasteiger partial charge >= 0.3 is 25.7 Å². The normalized spacial score (nSPS) is 13.8. The zero-order valence-corrected chi connectivity index (χ0v) is 43.1. The minimum Gasteiger partial charge on any atom is -0.462 e. The van der Waals surface area contributed by atoms with Crippen molar-refractivity contribution in [3.8, 4) is 0 Å². The number of carbonyl (C=O) groups is 3. The van der Waals surface area contributed by atoms with Crippen LogP contribution in [0.3, 0.4) is 0 Å². The lowest BCUT2D eigenvalue weighted by atomic mass is 10.1. The van der Waals surface area contributed by atoms with Crippen LogP contribution in [-0.4, -0.2) is 66.5 Å². The van der Waals surface area contributed by atoms with Gasteiger partial charge in [-0.3, -0.25) is 23.4 Å². The lowest BCUT2D eigenvalue weighted by Gasteiger charge is -2.21. The van der Waals surface area contributed by atoms with Crippen molar-refractivity contribution in [1.29, 1.82) is 0 Å². The second kappa shape index (κ2) is 48.9. The van der Waals surface area contributed by atoms with Gasteiger partial charge in [0.2, 0.25) is 0 Å². The van der Waals surface area contributed by atoms with Crippen molar-refractivity contribution in [2.75, 3.05) is 26.4 Å². The first-order valence-corrected chi connectivity index (χ1v) is 28.0. The summed E-state index contributed by atoms with van der Waals surface area (Å²) in [5, 5.41) is 9.76. The van der Waals surface area contributed by atoms with Crippen LogP contribution < -0.4 is 0 Å². The van der Waals surface area contributed by atoms with Crippen LogP contribution in [0.2, 0.25) is 0 Å². The Hall–Kier alpha value is -2.56. The molecule has 2 N–H and O–H groups in total. The fourth-order valence-electron chi connectivity index (χ4n) is 7.07. The molecular formula is C54H97O11P. The fraction of sp³-hybridized carbons (Fsp3) is 0.796. The lowest BCUT2D eigenvalue weighted by Crippen LogP contribution is -2.30. The number of rotatable bonds is 49. The van der Waals surface area contributed by atoms with Gasteiger partial charge in [0, 0.05) is 19.3 Å². The molecule has 66 heavy (non-hydrogen) atoms. The highest BCUT2D eigenvalue weighted by molar-refractivity contribution is 7.47. The number of carbonyl (C=O) groups excluding carboxylic acids is 3. The molecule has 3 unspecified atom stereocenters. The number of aliphatic hydroxyl groups is 1. The maximum absolute atomic E-state index is 12.8. The molecule has 384 valence electrons. The predicted molar refractivity (Wildman–Crippen MR) is 270 cm³/mol. The van der Waals surface area contributed by atoms with E-state index in [2.05, 4.69) is 69.4 Å². The number of hydrogen-bond donors (Lipinski definition) is 2. The Morgan fingerprint density at radius 3 is 1.21 bits per heavy atom. The van der Waals surface area contributed by atoms with Crippen molar-refractivity contribution < 1.29 is 52.2 Å². The number of unbranched alkanes of at least 4 members (excludes halogenated alkanes) is 24. The van der Waals surface area contributed by atoms with E-state index in [0.717, 1.165) is 122 Å². The molecule has 0 aliphatic heterocycles. The van der Waals surface area contributed by atoms with Gasteiger partial charge in [-0.25, -0.2) is 4.57 Å². The van der Waals surface area contributed by atoms with Gasteiger partial charge in [-0.05, 0) is 96.3 Å².